The van der Waals surface area contributed by atoms with Gasteiger partial charge < -0.3 is 0 Å². The molecule has 0 aromatic rings. The van der Waals surface area contributed by atoms with Crippen molar-refractivity contribution in [2.45, 2.75) is 6.92 Å². The molecule has 0 saturated carbocycles. The van der Waals surface area contributed by atoms with E-state index < -0.39 is 0 Å². The monoisotopic (exact) mass is 141 g/mol. The second-order valence-corrected chi connectivity index (χ2v) is 3.49. The molecule has 0 amide bonds. The third kappa shape index (κ3) is 76.7. The van der Waals surface area contributed by atoms with E-state index in [9.17, 15) is 0 Å². The van der Waals surface area contributed by atoms with Gasteiger partial charge in [0.25, 0.3) is 0 Å². The van der Waals surface area contributed by atoms with Crippen LogP contribution in [-0.4, -0.2) is 0 Å². The zero-order valence-electron chi connectivity index (χ0n) is 3.32. The molecular weight excluding hydrogens is 137 g/mol. The maximum absolute atomic E-state index is 3.61. The topological polar surface area (TPSA) is 0 Å². The molecule has 0 saturated heterocycles. The molecule has 0 unspecified atom stereocenters. The molecule has 0 spiro atoms. The average molecular weight is 143 g/mol. The molecule has 0 aliphatic heterocycles. The summed E-state index contributed by atoms with van der Waals surface area (Å²) >= 11 is 1.24. The SMILES string of the molecule is C=[C](C)[Zn].Cl. The Hall–Kier alpha value is 0.653. The first-order valence-electron chi connectivity index (χ1n) is 1.21. The summed E-state index contributed by atoms with van der Waals surface area (Å²) in [4.78, 5) is 0. The molecule has 0 N–H and O–H groups in total. The van der Waals surface area contributed by atoms with Crippen molar-refractivity contribution in [3.63, 3.8) is 0 Å². The fourth-order valence-electron chi connectivity index (χ4n) is 0. The van der Waals surface area contributed by atoms with Crippen LogP contribution >= 0.6 is 12.4 Å². The molecule has 0 atom stereocenters. The Bertz CT molecular complexity index is 29.9. The Morgan fingerprint density at radius 2 is 1.80 bits per heavy atom. The quantitative estimate of drug-likeness (QED) is 0.450. The standard InChI is InChI=1S/C3H5.ClH.Zn/c1-3-2;;/h1H2,2H3;1H;. The van der Waals surface area contributed by atoms with Gasteiger partial charge in [0.05, 0.1) is 0 Å². The molecule has 0 aromatic heterocycles. The fourth-order valence-corrected chi connectivity index (χ4v) is 0. The van der Waals surface area contributed by atoms with Crippen molar-refractivity contribution in [1.29, 1.82) is 0 Å². The molecule has 0 aliphatic carbocycles. The van der Waals surface area contributed by atoms with Gasteiger partial charge in [0, 0.05) is 0 Å². The molecule has 0 aliphatic rings. The van der Waals surface area contributed by atoms with Gasteiger partial charge in [-0.2, -0.15) is 0 Å². The summed E-state index contributed by atoms with van der Waals surface area (Å²) in [6.45, 7) is 5.64. The second kappa shape index (κ2) is 4.65. The Kier molecular flexibility index (Phi) is 8.54. The number of rotatable bonds is 0. The zero-order chi connectivity index (χ0) is 3.58. The number of hydrogen-bond acceptors (Lipinski definition) is 0. The van der Waals surface area contributed by atoms with E-state index in [2.05, 4.69) is 6.58 Å². The van der Waals surface area contributed by atoms with Crippen molar-refractivity contribution in [2.75, 3.05) is 0 Å². The third-order valence-corrected chi connectivity index (χ3v) is 0. The smallest absolute Gasteiger partial charge is 0.147 e. The van der Waals surface area contributed by atoms with Gasteiger partial charge in [-0.25, -0.2) is 0 Å². The number of hydrogen-bond donors (Lipinski definition) is 0. The minimum atomic E-state index is 0. The summed E-state index contributed by atoms with van der Waals surface area (Å²) < 4.78 is 1.29. The van der Waals surface area contributed by atoms with Gasteiger partial charge in [-0.3, -0.25) is 0 Å². The van der Waals surface area contributed by atoms with E-state index in [0.717, 1.165) is 0 Å². The summed E-state index contributed by atoms with van der Waals surface area (Å²) in [5, 5.41) is 0. The Morgan fingerprint density at radius 1 is 1.80 bits per heavy atom. The molecule has 27 valence electrons. The molecule has 0 aromatic carbocycles. The van der Waals surface area contributed by atoms with Gasteiger partial charge in [0.1, 0.15) is 0 Å². The van der Waals surface area contributed by atoms with Crippen LogP contribution in [0.4, 0.5) is 0 Å². The molecule has 0 rings (SSSR count). The summed E-state index contributed by atoms with van der Waals surface area (Å²) in [5.74, 6) is 0. The molecule has 2 heteroatoms. The predicted octanol–water partition coefficient (Wildman–Crippen LogP) is 1.49. The van der Waals surface area contributed by atoms with Crippen LogP contribution in [0.2, 0.25) is 0 Å². The van der Waals surface area contributed by atoms with E-state index in [1.165, 1.54) is 22.5 Å². The van der Waals surface area contributed by atoms with Crippen molar-refractivity contribution in [1.82, 2.24) is 0 Å². The van der Waals surface area contributed by atoms with Crippen molar-refractivity contribution in [3.8, 4) is 0 Å². The van der Waals surface area contributed by atoms with Crippen LogP contribution in [0.3, 0.4) is 0 Å². The predicted molar refractivity (Wildman–Crippen MR) is 22.1 cm³/mol. The van der Waals surface area contributed by atoms with E-state index in [4.69, 9.17) is 0 Å². The normalized spacial score (nSPS) is 5.40. The van der Waals surface area contributed by atoms with Gasteiger partial charge in [0.15, 0.2) is 0 Å². The first-order chi connectivity index (χ1) is 1.73. The first-order valence-corrected chi connectivity index (χ1v) is 2.69. The summed E-state index contributed by atoms with van der Waals surface area (Å²) in [7, 11) is 0. The van der Waals surface area contributed by atoms with Crippen LogP contribution < -0.4 is 0 Å². The fraction of sp³-hybridized carbons (Fsp3) is 0.333. The molecule has 5 heavy (non-hydrogen) atoms. The van der Waals surface area contributed by atoms with Gasteiger partial charge >= 0.3 is 36.0 Å². The first kappa shape index (κ1) is 9.17. The van der Waals surface area contributed by atoms with Gasteiger partial charge in [-0.05, 0) is 0 Å². The molecule has 0 fully saturated rings. The summed E-state index contributed by atoms with van der Waals surface area (Å²) in [5.41, 5.74) is 0. The van der Waals surface area contributed by atoms with Crippen molar-refractivity contribution < 1.29 is 18.3 Å². The Labute approximate surface area is 48.7 Å². The molecular formula is C3H6ClZn. The minimum Gasteiger partial charge on any atom is -0.147 e. The summed E-state index contributed by atoms with van der Waals surface area (Å²) in [6.07, 6.45) is 0. The van der Waals surface area contributed by atoms with Crippen LogP contribution in [0.15, 0.2) is 10.7 Å². The largest absolute Gasteiger partial charge is 0.147 e. The van der Waals surface area contributed by atoms with Gasteiger partial charge in [0.2, 0.25) is 0 Å². The molecule has 0 nitrogen and oxygen atoms in total. The average Bonchev–Trinajstić information content (AvgIpc) is 0.811. The Morgan fingerprint density at radius 3 is 1.80 bits per heavy atom. The van der Waals surface area contributed by atoms with Gasteiger partial charge in [-0.1, -0.05) is 0 Å². The van der Waals surface area contributed by atoms with Crippen LogP contribution in [0, 0.1) is 0 Å². The van der Waals surface area contributed by atoms with E-state index in [1.54, 1.807) is 0 Å². The maximum Gasteiger partial charge on any atom is -0.147 e. The molecule has 0 bridgehead atoms. The van der Waals surface area contributed by atoms with E-state index in [1.807, 2.05) is 6.92 Å². The molecule has 0 heterocycles. The van der Waals surface area contributed by atoms with Crippen molar-refractivity contribution >= 4 is 12.4 Å². The number of halogens is 1. The van der Waals surface area contributed by atoms with Gasteiger partial charge in [-0.15, -0.1) is 12.4 Å². The zero-order valence-corrected chi connectivity index (χ0v) is 7.11. The van der Waals surface area contributed by atoms with E-state index >= 15 is 0 Å². The Balaban J connectivity index is 0. The van der Waals surface area contributed by atoms with E-state index in [-0.39, 0.29) is 12.4 Å². The van der Waals surface area contributed by atoms with Crippen LogP contribution in [0.1, 0.15) is 6.92 Å². The summed E-state index contributed by atoms with van der Waals surface area (Å²) in [6, 6.07) is 0. The number of allylic oxidation sites excluding steroid dienone is 1. The second-order valence-electron chi connectivity index (χ2n) is 0.957. The minimum absolute atomic E-state index is 0. The van der Waals surface area contributed by atoms with E-state index in [0.29, 0.717) is 0 Å². The van der Waals surface area contributed by atoms with Crippen molar-refractivity contribution in [3.05, 3.63) is 10.7 Å². The third-order valence-electron chi connectivity index (χ3n) is 0. The van der Waals surface area contributed by atoms with Crippen molar-refractivity contribution in [2.24, 2.45) is 0 Å². The van der Waals surface area contributed by atoms with Crippen LogP contribution in [-0.2, 0) is 18.3 Å². The van der Waals surface area contributed by atoms with Crippen LogP contribution in [0.25, 0.3) is 0 Å². The van der Waals surface area contributed by atoms with Crippen LogP contribution in [0.5, 0.6) is 0 Å². The molecule has 0 radical (unpaired) electrons. The maximum atomic E-state index is 3.61.